The van der Waals surface area contributed by atoms with E-state index >= 15 is 0 Å². The minimum absolute atomic E-state index is 0.152. The van der Waals surface area contributed by atoms with Crippen LogP contribution in [0.5, 0.6) is 0 Å². The number of methoxy groups -OCH3 is 1. The number of rotatable bonds is 11. The van der Waals surface area contributed by atoms with Gasteiger partial charge in [-0.25, -0.2) is 0 Å². The van der Waals surface area contributed by atoms with E-state index < -0.39 is 5.54 Å². The molecule has 0 aromatic carbocycles. The third-order valence-electron chi connectivity index (χ3n) is 3.88. The second-order valence-corrected chi connectivity index (χ2v) is 6.36. The van der Waals surface area contributed by atoms with Crippen LogP contribution in [0.1, 0.15) is 47.0 Å². The molecule has 5 nitrogen and oxygen atoms in total. The standard InChI is InChI=1S/C16H32N2O3/c1-6-21-15(19)16(4,17-13(2)3)9-10-18(11-12-20-5)14-7-8-14/h13-14,17H,6-12H2,1-5H3. The first-order valence-electron chi connectivity index (χ1n) is 8.11. The van der Waals surface area contributed by atoms with Crippen molar-refractivity contribution in [3.63, 3.8) is 0 Å². The molecule has 1 unspecified atom stereocenters. The lowest BCUT2D eigenvalue weighted by Gasteiger charge is -2.33. The van der Waals surface area contributed by atoms with E-state index in [-0.39, 0.29) is 12.0 Å². The number of nitrogens with zero attached hydrogens (tertiary/aromatic N) is 1. The average Bonchev–Trinajstić information content (AvgIpc) is 3.22. The molecule has 0 heterocycles. The molecular formula is C16H32N2O3. The molecule has 0 saturated heterocycles. The summed E-state index contributed by atoms with van der Waals surface area (Å²) in [6, 6.07) is 0.915. The second kappa shape index (κ2) is 8.71. The average molecular weight is 300 g/mol. The van der Waals surface area contributed by atoms with Crippen LogP contribution in [-0.4, -0.2) is 61.9 Å². The van der Waals surface area contributed by atoms with Gasteiger partial charge in [0.2, 0.25) is 0 Å². The fraction of sp³-hybridized carbons (Fsp3) is 0.938. The van der Waals surface area contributed by atoms with Gasteiger partial charge in [0.05, 0.1) is 13.2 Å². The van der Waals surface area contributed by atoms with E-state index in [4.69, 9.17) is 9.47 Å². The van der Waals surface area contributed by atoms with Crippen molar-refractivity contribution in [1.82, 2.24) is 10.2 Å². The molecule has 0 aliphatic heterocycles. The number of ether oxygens (including phenoxy) is 2. The van der Waals surface area contributed by atoms with Crippen LogP contribution in [0.3, 0.4) is 0 Å². The van der Waals surface area contributed by atoms with Crippen LogP contribution in [-0.2, 0) is 14.3 Å². The Hall–Kier alpha value is -0.650. The van der Waals surface area contributed by atoms with E-state index in [9.17, 15) is 4.79 Å². The van der Waals surface area contributed by atoms with Gasteiger partial charge in [-0.05, 0) is 47.0 Å². The van der Waals surface area contributed by atoms with E-state index in [0.29, 0.717) is 12.6 Å². The fourth-order valence-electron chi connectivity index (χ4n) is 2.65. The van der Waals surface area contributed by atoms with Gasteiger partial charge in [0.25, 0.3) is 0 Å². The van der Waals surface area contributed by atoms with Gasteiger partial charge in [0.1, 0.15) is 5.54 Å². The monoisotopic (exact) mass is 300 g/mol. The lowest BCUT2D eigenvalue weighted by atomic mass is 9.96. The van der Waals surface area contributed by atoms with Gasteiger partial charge in [-0.15, -0.1) is 0 Å². The lowest BCUT2D eigenvalue weighted by Crippen LogP contribution is -2.55. The summed E-state index contributed by atoms with van der Waals surface area (Å²) in [5.74, 6) is -0.152. The van der Waals surface area contributed by atoms with E-state index in [0.717, 1.165) is 26.1 Å². The van der Waals surface area contributed by atoms with E-state index in [1.807, 2.05) is 13.8 Å². The normalized spacial score (nSPS) is 18.0. The molecule has 124 valence electrons. The van der Waals surface area contributed by atoms with Gasteiger partial charge in [-0.3, -0.25) is 15.0 Å². The molecule has 21 heavy (non-hydrogen) atoms. The highest BCUT2D eigenvalue weighted by Gasteiger charge is 2.37. The predicted octanol–water partition coefficient (Wildman–Crippen LogP) is 1.81. The van der Waals surface area contributed by atoms with Crippen molar-refractivity contribution in [3.05, 3.63) is 0 Å². The summed E-state index contributed by atoms with van der Waals surface area (Å²) in [6.07, 6.45) is 3.28. The lowest BCUT2D eigenvalue weighted by molar-refractivity contribution is -0.151. The van der Waals surface area contributed by atoms with Crippen molar-refractivity contribution in [3.8, 4) is 0 Å². The largest absolute Gasteiger partial charge is 0.465 e. The zero-order valence-electron chi connectivity index (χ0n) is 14.3. The Morgan fingerprint density at radius 3 is 2.52 bits per heavy atom. The predicted molar refractivity (Wildman–Crippen MR) is 84.4 cm³/mol. The summed E-state index contributed by atoms with van der Waals surface area (Å²) >= 11 is 0. The number of esters is 1. The topological polar surface area (TPSA) is 50.8 Å². The molecule has 0 radical (unpaired) electrons. The van der Waals surface area contributed by atoms with E-state index in [2.05, 4.69) is 24.1 Å². The molecule has 1 aliphatic carbocycles. The molecule has 0 aromatic rings. The van der Waals surface area contributed by atoms with Crippen LogP contribution >= 0.6 is 0 Å². The molecule has 0 amide bonds. The number of hydrogen-bond donors (Lipinski definition) is 1. The van der Waals surface area contributed by atoms with Crippen LogP contribution in [0.4, 0.5) is 0 Å². The van der Waals surface area contributed by atoms with Crippen molar-refractivity contribution in [2.75, 3.05) is 33.4 Å². The Labute approximate surface area is 129 Å². The van der Waals surface area contributed by atoms with E-state index in [1.54, 1.807) is 7.11 Å². The summed E-state index contributed by atoms with van der Waals surface area (Å²) < 4.78 is 10.4. The smallest absolute Gasteiger partial charge is 0.326 e. The number of carbonyl (C=O) groups excluding carboxylic acids is 1. The minimum Gasteiger partial charge on any atom is -0.465 e. The summed E-state index contributed by atoms with van der Waals surface area (Å²) in [5, 5.41) is 3.38. The maximum Gasteiger partial charge on any atom is 0.326 e. The van der Waals surface area contributed by atoms with Gasteiger partial charge in [0.15, 0.2) is 0 Å². The number of carbonyl (C=O) groups is 1. The van der Waals surface area contributed by atoms with Crippen LogP contribution < -0.4 is 5.32 Å². The molecule has 1 atom stereocenters. The molecule has 1 N–H and O–H groups in total. The summed E-state index contributed by atoms with van der Waals surface area (Å²) in [7, 11) is 1.73. The van der Waals surface area contributed by atoms with Crippen LogP contribution in [0.25, 0.3) is 0 Å². The van der Waals surface area contributed by atoms with Gasteiger partial charge in [-0.2, -0.15) is 0 Å². The molecule has 5 heteroatoms. The van der Waals surface area contributed by atoms with Crippen molar-refractivity contribution in [2.24, 2.45) is 0 Å². The summed E-state index contributed by atoms with van der Waals surface area (Å²) in [4.78, 5) is 14.7. The zero-order chi connectivity index (χ0) is 15.9. The highest BCUT2D eigenvalue weighted by molar-refractivity contribution is 5.80. The highest BCUT2D eigenvalue weighted by atomic mass is 16.5. The Kier molecular flexibility index (Phi) is 7.63. The molecule has 0 aromatic heterocycles. The van der Waals surface area contributed by atoms with Crippen LogP contribution in [0.2, 0.25) is 0 Å². The summed E-state index contributed by atoms with van der Waals surface area (Å²) in [5.41, 5.74) is -0.621. The molecule has 1 fully saturated rings. The maximum atomic E-state index is 12.3. The minimum atomic E-state index is -0.621. The Balaban J connectivity index is 2.59. The highest BCUT2D eigenvalue weighted by Crippen LogP contribution is 2.27. The van der Waals surface area contributed by atoms with Gasteiger partial charge in [-0.1, -0.05) is 0 Å². The van der Waals surface area contributed by atoms with Gasteiger partial charge in [0, 0.05) is 32.3 Å². The molecule has 0 spiro atoms. The molecule has 0 bridgehead atoms. The van der Waals surface area contributed by atoms with Gasteiger partial charge < -0.3 is 9.47 Å². The third-order valence-corrected chi connectivity index (χ3v) is 3.88. The number of nitrogens with one attached hydrogen (secondary N) is 1. The Bertz CT molecular complexity index is 319. The quantitative estimate of drug-likeness (QED) is 0.590. The Morgan fingerprint density at radius 1 is 1.38 bits per heavy atom. The third kappa shape index (κ3) is 6.32. The maximum absolute atomic E-state index is 12.3. The van der Waals surface area contributed by atoms with Crippen molar-refractivity contribution < 1.29 is 14.3 Å². The molecular weight excluding hydrogens is 268 g/mol. The second-order valence-electron chi connectivity index (χ2n) is 6.36. The molecule has 1 aliphatic rings. The van der Waals surface area contributed by atoms with Crippen LogP contribution in [0.15, 0.2) is 0 Å². The first-order valence-corrected chi connectivity index (χ1v) is 8.11. The zero-order valence-corrected chi connectivity index (χ0v) is 14.3. The van der Waals surface area contributed by atoms with Crippen molar-refractivity contribution in [2.45, 2.75) is 64.6 Å². The van der Waals surface area contributed by atoms with Gasteiger partial charge >= 0.3 is 5.97 Å². The van der Waals surface area contributed by atoms with Crippen molar-refractivity contribution >= 4 is 5.97 Å². The molecule has 1 saturated carbocycles. The van der Waals surface area contributed by atoms with Crippen LogP contribution in [0, 0.1) is 0 Å². The Morgan fingerprint density at radius 2 is 2.05 bits per heavy atom. The number of hydrogen-bond acceptors (Lipinski definition) is 5. The van der Waals surface area contributed by atoms with E-state index in [1.165, 1.54) is 12.8 Å². The van der Waals surface area contributed by atoms with Crippen molar-refractivity contribution in [1.29, 1.82) is 0 Å². The first kappa shape index (κ1) is 18.4. The summed E-state index contributed by atoms with van der Waals surface area (Å²) in [6.45, 7) is 10.9. The fourth-order valence-corrected chi connectivity index (χ4v) is 2.65. The SMILES string of the molecule is CCOC(=O)C(C)(CCN(CCOC)C1CC1)NC(C)C. The first-order chi connectivity index (χ1) is 9.92. The molecule has 1 rings (SSSR count).